The summed E-state index contributed by atoms with van der Waals surface area (Å²) in [5, 5.41) is 9.09. The average Bonchev–Trinajstić information content (AvgIpc) is 2.03. The molecule has 0 amide bonds. The fourth-order valence-corrected chi connectivity index (χ4v) is 0.514. The van der Waals surface area contributed by atoms with Crippen LogP contribution in [-0.4, -0.2) is 18.2 Å². The summed E-state index contributed by atoms with van der Waals surface area (Å²) in [6.07, 6.45) is 3.98. The van der Waals surface area contributed by atoms with Crippen LogP contribution >= 0.6 is 0 Å². The summed E-state index contributed by atoms with van der Waals surface area (Å²) in [4.78, 5) is 10.6. The summed E-state index contributed by atoms with van der Waals surface area (Å²) in [5.41, 5.74) is 0.771. The van der Waals surface area contributed by atoms with Crippen LogP contribution in [0.15, 0.2) is 36.1 Å². The SMILES string of the molecule is C=C/C(C)=C\C(O)=C\C(=O)OC. The molecule has 0 aliphatic carbocycles. The average molecular weight is 168 g/mol. The molecule has 3 nitrogen and oxygen atoms in total. The van der Waals surface area contributed by atoms with Gasteiger partial charge in [-0.3, -0.25) is 0 Å². The second-order valence-corrected chi connectivity index (χ2v) is 2.18. The lowest BCUT2D eigenvalue weighted by Gasteiger charge is -1.93. The van der Waals surface area contributed by atoms with Gasteiger partial charge in [0.1, 0.15) is 5.76 Å². The topological polar surface area (TPSA) is 46.5 Å². The molecule has 3 heteroatoms. The summed E-state index contributed by atoms with van der Waals surface area (Å²) in [6, 6.07) is 0. The van der Waals surface area contributed by atoms with Crippen molar-refractivity contribution in [2.24, 2.45) is 0 Å². The predicted molar refractivity (Wildman–Crippen MR) is 46.7 cm³/mol. The monoisotopic (exact) mass is 168 g/mol. The highest BCUT2D eigenvalue weighted by Gasteiger charge is 1.95. The first-order valence-corrected chi connectivity index (χ1v) is 3.39. The van der Waals surface area contributed by atoms with Crippen molar-refractivity contribution in [3.05, 3.63) is 36.1 Å². The second-order valence-electron chi connectivity index (χ2n) is 2.18. The minimum absolute atomic E-state index is 0.140. The van der Waals surface area contributed by atoms with Crippen LogP contribution in [0.3, 0.4) is 0 Å². The standard InChI is InChI=1S/C9H12O3/c1-4-7(2)5-8(10)6-9(11)12-3/h4-6,10H,1H2,2-3H3/b7-5-,8-6-. The molecule has 12 heavy (non-hydrogen) atoms. The van der Waals surface area contributed by atoms with E-state index in [2.05, 4.69) is 11.3 Å². The zero-order chi connectivity index (χ0) is 9.56. The summed E-state index contributed by atoms with van der Waals surface area (Å²) >= 11 is 0. The highest BCUT2D eigenvalue weighted by Crippen LogP contribution is 1.99. The second kappa shape index (κ2) is 5.18. The maximum absolute atomic E-state index is 10.6. The van der Waals surface area contributed by atoms with Crippen molar-refractivity contribution in [3.63, 3.8) is 0 Å². The van der Waals surface area contributed by atoms with E-state index >= 15 is 0 Å². The Morgan fingerprint density at radius 2 is 2.08 bits per heavy atom. The van der Waals surface area contributed by atoms with Gasteiger partial charge in [0.15, 0.2) is 0 Å². The van der Waals surface area contributed by atoms with Gasteiger partial charge in [-0.15, -0.1) is 0 Å². The minimum Gasteiger partial charge on any atom is -0.508 e. The van der Waals surface area contributed by atoms with Crippen molar-refractivity contribution in [2.45, 2.75) is 6.92 Å². The van der Waals surface area contributed by atoms with Crippen molar-refractivity contribution >= 4 is 5.97 Å². The quantitative estimate of drug-likeness (QED) is 0.302. The van der Waals surface area contributed by atoms with Gasteiger partial charge in [0.05, 0.1) is 13.2 Å². The van der Waals surface area contributed by atoms with E-state index in [4.69, 9.17) is 5.11 Å². The molecule has 1 N–H and O–H groups in total. The Hall–Kier alpha value is -1.51. The van der Waals surface area contributed by atoms with Gasteiger partial charge in [0.25, 0.3) is 0 Å². The lowest BCUT2D eigenvalue weighted by Crippen LogP contribution is -1.95. The van der Waals surface area contributed by atoms with E-state index in [-0.39, 0.29) is 5.76 Å². The Morgan fingerprint density at radius 3 is 2.50 bits per heavy atom. The first-order chi connectivity index (χ1) is 5.60. The molecule has 0 atom stereocenters. The van der Waals surface area contributed by atoms with Gasteiger partial charge < -0.3 is 9.84 Å². The Bertz CT molecular complexity index is 236. The van der Waals surface area contributed by atoms with Crippen molar-refractivity contribution in [1.82, 2.24) is 0 Å². The molecule has 0 aromatic rings. The maximum atomic E-state index is 10.6. The van der Waals surface area contributed by atoms with Gasteiger partial charge in [0.2, 0.25) is 0 Å². The largest absolute Gasteiger partial charge is 0.508 e. The number of esters is 1. The van der Waals surface area contributed by atoms with E-state index < -0.39 is 5.97 Å². The molecule has 0 saturated carbocycles. The molecule has 0 spiro atoms. The zero-order valence-corrected chi connectivity index (χ0v) is 7.20. The zero-order valence-electron chi connectivity index (χ0n) is 7.20. The first-order valence-electron chi connectivity index (χ1n) is 3.39. The van der Waals surface area contributed by atoms with Gasteiger partial charge in [-0.2, -0.15) is 0 Å². The molecule has 0 saturated heterocycles. The molecule has 0 bridgehead atoms. The van der Waals surface area contributed by atoms with Crippen molar-refractivity contribution < 1.29 is 14.6 Å². The summed E-state index contributed by atoms with van der Waals surface area (Å²) in [5.74, 6) is -0.722. The van der Waals surface area contributed by atoms with E-state index in [0.29, 0.717) is 0 Å². The number of hydrogen-bond acceptors (Lipinski definition) is 3. The molecule has 0 radical (unpaired) electrons. The fraction of sp³-hybridized carbons (Fsp3) is 0.222. The minimum atomic E-state index is -0.583. The van der Waals surface area contributed by atoms with Crippen molar-refractivity contribution in [3.8, 4) is 0 Å². The van der Waals surface area contributed by atoms with Crippen LogP contribution < -0.4 is 0 Å². The third kappa shape index (κ3) is 4.33. The van der Waals surface area contributed by atoms with E-state index in [1.54, 1.807) is 13.0 Å². The number of carbonyl (C=O) groups excluding carboxylic acids is 1. The molecule has 0 aliphatic rings. The van der Waals surface area contributed by atoms with E-state index in [9.17, 15) is 4.79 Å². The lowest BCUT2D eigenvalue weighted by molar-refractivity contribution is -0.135. The smallest absolute Gasteiger partial charge is 0.334 e. The van der Waals surface area contributed by atoms with Crippen molar-refractivity contribution in [2.75, 3.05) is 7.11 Å². The predicted octanol–water partition coefficient (Wildman–Crippen LogP) is 1.73. The third-order valence-electron chi connectivity index (χ3n) is 1.16. The Kier molecular flexibility index (Phi) is 4.53. The van der Waals surface area contributed by atoms with Crippen LogP contribution in [0.2, 0.25) is 0 Å². The number of allylic oxidation sites excluding steroid dienone is 3. The Balaban J connectivity index is 4.39. The Labute approximate surface area is 71.7 Å². The Morgan fingerprint density at radius 1 is 1.50 bits per heavy atom. The van der Waals surface area contributed by atoms with Gasteiger partial charge >= 0.3 is 5.97 Å². The van der Waals surface area contributed by atoms with Crippen LogP contribution in [-0.2, 0) is 9.53 Å². The first kappa shape index (κ1) is 10.5. The normalized spacial score (nSPS) is 12.5. The lowest BCUT2D eigenvalue weighted by atomic mass is 10.2. The molecule has 0 aromatic heterocycles. The summed E-state index contributed by atoms with van der Waals surface area (Å²) in [7, 11) is 1.25. The molecule has 0 aliphatic heterocycles. The molecular weight excluding hydrogens is 156 g/mol. The van der Waals surface area contributed by atoms with Crippen LogP contribution in [0, 0.1) is 0 Å². The summed E-state index contributed by atoms with van der Waals surface area (Å²) < 4.78 is 4.31. The van der Waals surface area contributed by atoms with E-state index in [1.165, 1.54) is 13.2 Å². The number of hydrogen-bond donors (Lipinski definition) is 1. The highest BCUT2D eigenvalue weighted by atomic mass is 16.5. The summed E-state index contributed by atoms with van der Waals surface area (Å²) in [6.45, 7) is 5.25. The molecule has 66 valence electrons. The molecule has 0 heterocycles. The number of methoxy groups -OCH3 is 1. The molecular formula is C9H12O3. The van der Waals surface area contributed by atoms with E-state index in [1.807, 2.05) is 0 Å². The number of ether oxygens (including phenoxy) is 1. The highest BCUT2D eigenvalue weighted by molar-refractivity contribution is 5.82. The number of aliphatic hydroxyl groups excluding tert-OH is 1. The van der Waals surface area contributed by atoms with Crippen molar-refractivity contribution in [1.29, 1.82) is 0 Å². The molecule has 0 fully saturated rings. The number of aliphatic hydroxyl groups is 1. The van der Waals surface area contributed by atoms with Gasteiger partial charge in [-0.05, 0) is 18.6 Å². The molecule has 0 rings (SSSR count). The van der Waals surface area contributed by atoms with Crippen LogP contribution in [0.1, 0.15) is 6.92 Å². The van der Waals surface area contributed by atoms with Crippen LogP contribution in [0.5, 0.6) is 0 Å². The maximum Gasteiger partial charge on any atom is 0.334 e. The molecule has 0 aromatic carbocycles. The van der Waals surface area contributed by atoms with Gasteiger partial charge in [-0.1, -0.05) is 12.7 Å². The molecule has 0 unspecified atom stereocenters. The van der Waals surface area contributed by atoms with Gasteiger partial charge in [-0.25, -0.2) is 4.79 Å². The van der Waals surface area contributed by atoms with Crippen LogP contribution in [0.25, 0.3) is 0 Å². The van der Waals surface area contributed by atoms with Crippen LogP contribution in [0.4, 0.5) is 0 Å². The number of rotatable bonds is 3. The van der Waals surface area contributed by atoms with Gasteiger partial charge in [0, 0.05) is 0 Å². The number of carbonyl (C=O) groups is 1. The fourth-order valence-electron chi connectivity index (χ4n) is 0.514. The van der Waals surface area contributed by atoms with E-state index in [0.717, 1.165) is 11.6 Å². The third-order valence-corrected chi connectivity index (χ3v) is 1.16.